The van der Waals surface area contributed by atoms with Gasteiger partial charge in [-0.2, -0.15) is 13.2 Å². The zero-order chi connectivity index (χ0) is 12.5. The average Bonchev–Trinajstić information content (AvgIpc) is 1.75. The molecule has 0 aliphatic carbocycles. The van der Waals surface area contributed by atoms with Crippen molar-refractivity contribution in [2.45, 2.75) is 24.9 Å². The van der Waals surface area contributed by atoms with Crippen molar-refractivity contribution in [3.05, 3.63) is 0 Å². The highest BCUT2D eigenvalue weighted by Crippen LogP contribution is 2.31. The number of hydrogen-bond donors (Lipinski definition) is 0. The molecule has 0 heterocycles. The van der Waals surface area contributed by atoms with Gasteiger partial charge >= 0.3 is 6.18 Å². The topological polar surface area (TPSA) is 34.1 Å². The Labute approximate surface area is 88.4 Å². The summed E-state index contributed by atoms with van der Waals surface area (Å²) in [7, 11) is -1.59. The van der Waals surface area contributed by atoms with Gasteiger partial charge in [0.25, 0.3) is 5.37 Å². The van der Waals surface area contributed by atoms with Crippen LogP contribution in [0, 0.1) is 0 Å². The van der Waals surface area contributed by atoms with Crippen LogP contribution in [0.25, 0.3) is 0 Å². The van der Waals surface area contributed by atoms with E-state index in [0.717, 1.165) is 0 Å². The highest BCUT2D eigenvalue weighted by molar-refractivity contribution is 7.91. The number of nitrogens with zero attached hydrogens (tertiary/aromatic N) is 1. The van der Waals surface area contributed by atoms with E-state index in [1.165, 1.54) is 14.1 Å². The molecule has 0 aromatic rings. The molecule has 0 aliphatic heterocycles. The van der Waals surface area contributed by atoms with Crippen LogP contribution in [-0.4, -0.2) is 51.3 Å². The van der Waals surface area contributed by atoms with Gasteiger partial charge in [-0.15, -0.1) is 0 Å². The van der Waals surface area contributed by atoms with Crippen molar-refractivity contribution >= 4 is 9.84 Å². The summed E-state index contributed by atoms with van der Waals surface area (Å²) in [5.74, 6) is 0. The smallest absolute Gasteiger partial charge is 0.306 e. The number of quaternary nitrogens is 1. The van der Waals surface area contributed by atoms with Crippen LogP contribution in [0.3, 0.4) is 0 Å². The molecule has 0 saturated heterocycles. The summed E-state index contributed by atoms with van der Waals surface area (Å²) in [5.41, 5.74) is 0. The summed E-state index contributed by atoms with van der Waals surface area (Å²) in [6, 6.07) is 0. The predicted octanol–water partition coefficient (Wildman–Crippen LogP) is 1.41. The summed E-state index contributed by atoms with van der Waals surface area (Å²) in [6.45, 7) is 1.88. The molecule has 1 unspecified atom stereocenters. The van der Waals surface area contributed by atoms with Crippen LogP contribution < -0.4 is 0 Å². The Morgan fingerprint density at radius 1 is 1.27 bits per heavy atom. The second-order valence-electron chi connectivity index (χ2n) is 4.23. The van der Waals surface area contributed by atoms with E-state index in [1.54, 1.807) is 6.92 Å². The van der Waals surface area contributed by atoms with Crippen LogP contribution in [0.1, 0.15) is 13.3 Å². The van der Waals surface area contributed by atoms with Gasteiger partial charge in [0.15, 0.2) is 0 Å². The van der Waals surface area contributed by atoms with Crippen LogP contribution in [-0.2, 0) is 9.84 Å². The third-order valence-corrected chi connectivity index (χ3v) is 3.77. The predicted molar refractivity (Wildman–Crippen MR) is 52.0 cm³/mol. The van der Waals surface area contributed by atoms with Crippen molar-refractivity contribution in [2.75, 3.05) is 26.9 Å². The summed E-state index contributed by atoms with van der Waals surface area (Å²) in [5, 5.41) is -2.34. The fourth-order valence-corrected chi connectivity index (χ4v) is 3.48. The van der Waals surface area contributed by atoms with Crippen molar-refractivity contribution in [1.82, 2.24) is 0 Å². The Hall–Kier alpha value is -0.300. The van der Waals surface area contributed by atoms with E-state index in [2.05, 4.69) is 0 Å². The quantitative estimate of drug-likeness (QED) is 0.705. The summed E-state index contributed by atoms with van der Waals surface area (Å²) < 4.78 is 59.7. The van der Waals surface area contributed by atoms with Gasteiger partial charge in [-0.1, -0.05) is 6.92 Å². The second-order valence-corrected chi connectivity index (χ2v) is 6.33. The molecule has 15 heavy (non-hydrogen) atoms. The minimum Gasteiger partial charge on any atom is -0.306 e. The van der Waals surface area contributed by atoms with Gasteiger partial charge in [0.1, 0.15) is 0 Å². The fraction of sp³-hybridized carbons (Fsp3) is 1.00. The van der Waals surface area contributed by atoms with Crippen LogP contribution in [0.15, 0.2) is 0 Å². The molecular weight excluding hydrogens is 231 g/mol. The van der Waals surface area contributed by atoms with Gasteiger partial charge in [0, 0.05) is 6.26 Å². The van der Waals surface area contributed by atoms with E-state index in [1.807, 2.05) is 0 Å². The minimum atomic E-state index is -4.73. The molecule has 1 atom stereocenters. The van der Waals surface area contributed by atoms with Crippen LogP contribution in [0.5, 0.6) is 0 Å². The van der Waals surface area contributed by atoms with E-state index < -0.39 is 25.9 Å². The Morgan fingerprint density at radius 3 is 1.87 bits per heavy atom. The van der Waals surface area contributed by atoms with Crippen LogP contribution in [0.2, 0.25) is 0 Å². The standard InChI is InChI=1S/C8H17F3NO2S/c1-5-6-12(2,3)7(8(9,10)11)15(4,13)14/h7H,5-6H2,1-4H3/q+1. The second kappa shape index (κ2) is 4.29. The molecule has 0 rings (SSSR count). The van der Waals surface area contributed by atoms with E-state index in [4.69, 9.17) is 0 Å². The fourth-order valence-electron chi connectivity index (χ4n) is 1.85. The van der Waals surface area contributed by atoms with Crippen LogP contribution >= 0.6 is 0 Å². The van der Waals surface area contributed by atoms with E-state index in [9.17, 15) is 21.6 Å². The number of halogens is 3. The largest absolute Gasteiger partial charge is 0.457 e. The Morgan fingerprint density at radius 2 is 1.67 bits per heavy atom. The molecule has 0 aliphatic rings. The minimum absolute atomic E-state index is 0.164. The summed E-state index contributed by atoms with van der Waals surface area (Å²) in [6.07, 6.45) is -3.61. The zero-order valence-corrected chi connectivity index (χ0v) is 10.1. The molecule has 3 nitrogen and oxygen atoms in total. The van der Waals surface area contributed by atoms with Crippen LogP contribution in [0.4, 0.5) is 13.2 Å². The molecule has 0 bridgehead atoms. The maximum Gasteiger partial charge on any atom is 0.457 e. The normalized spacial score (nSPS) is 16.5. The molecule has 0 aromatic carbocycles. The number of rotatable bonds is 4. The summed E-state index contributed by atoms with van der Waals surface area (Å²) in [4.78, 5) is 0. The molecule has 92 valence electrons. The lowest BCUT2D eigenvalue weighted by molar-refractivity contribution is -0.912. The molecule has 0 radical (unpaired) electrons. The number of sulfone groups is 1. The Kier molecular flexibility index (Phi) is 4.20. The summed E-state index contributed by atoms with van der Waals surface area (Å²) >= 11 is 0. The van der Waals surface area contributed by atoms with Gasteiger partial charge in [0.2, 0.25) is 9.84 Å². The molecule has 0 amide bonds. The highest BCUT2D eigenvalue weighted by Gasteiger charge is 2.56. The van der Waals surface area contributed by atoms with Crippen molar-refractivity contribution in [3.8, 4) is 0 Å². The van der Waals surface area contributed by atoms with E-state index in [0.29, 0.717) is 12.7 Å². The SMILES string of the molecule is CCC[N+](C)(C)C(C(F)(F)F)S(C)(=O)=O. The maximum absolute atomic E-state index is 12.6. The lowest BCUT2D eigenvalue weighted by Gasteiger charge is -2.37. The van der Waals surface area contributed by atoms with Crippen molar-refractivity contribution < 1.29 is 26.1 Å². The number of alkyl halides is 3. The molecule has 0 fully saturated rings. The first-order chi connectivity index (χ1) is 6.43. The number of hydrogen-bond acceptors (Lipinski definition) is 2. The van der Waals surface area contributed by atoms with Crippen molar-refractivity contribution in [1.29, 1.82) is 0 Å². The van der Waals surface area contributed by atoms with Gasteiger partial charge in [0.05, 0.1) is 20.6 Å². The van der Waals surface area contributed by atoms with Crippen molar-refractivity contribution in [3.63, 3.8) is 0 Å². The lowest BCUT2D eigenvalue weighted by Crippen LogP contribution is -2.59. The molecule has 0 aromatic heterocycles. The Bertz CT molecular complexity index is 308. The monoisotopic (exact) mass is 248 g/mol. The molecule has 7 heteroatoms. The molecular formula is C8H17F3NO2S+. The van der Waals surface area contributed by atoms with E-state index >= 15 is 0 Å². The first-order valence-electron chi connectivity index (χ1n) is 4.51. The van der Waals surface area contributed by atoms with E-state index in [-0.39, 0.29) is 6.54 Å². The Balaban J connectivity index is 5.33. The van der Waals surface area contributed by atoms with Gasteiger partial charge in [-0.3, -0.25) is 0 Å². The maximum atomic E-state index is 12.6. The average molecular weight is 248 g/mol. The molecule has 0 N–H and O–H groups in total. The van der Waals surface area contributed by atoms with Gasteiger partial charge in [-0.25, -0.2) is 8.42 Å². The zero-order valence-electron chi connectivity index (χ0n) is 9.30. The lowest BCUT2D eigenvalue weighted by atomic mass is 10.3. The molecule has 0 spiro atoms. The van der Waals surface area contributed by atoms with Gasteiger partial charge in [-0.05, 0) is 6.42 Å². The van der Waals surface area contributed by atoms with Gasteiger partial charge < -0.3 is 4.48 Å². The highest BCUT2D eigenvalue weighted by atomic mass is 32.2. The first kappa shape index (κ1) is 14.7. The molecule has 0 saturated carbocycles. The third kappa shape index (κ3) is 3.98. The van der Waals surface area contributed by atoms with Crippen molar-refractivity contribution in [2.24, 2.45) is 0 Å². The first-order valence-corrected chi connectivity index (χ1v) is 6.46. The third-order valence-electron chi connectivity index (χ3n) is 2.12.